The predicted molar refractivity (Wildman–Crippen MR) is 109 cm³/mol. The summed E-state index contributed by atoms with van der Waals surface area (Å²) in [5.41, 5.74) is 2.92. The Labute approximate surface area is 165 Å². The molecule has 1 aliphatic rings. The normalized spacial score (nSPS) is 17.2. The minimum atomic E-state index is 0.129. The highest BCUT2D eigenvalue weighted by molar-refractivity contribution is 6.04. The maximum Gasteiger partial charge on any atom is 0.183 e. The van der Waals surface area contributed by atoms with Gasteiger partial charge >= 0.3 is 0 Å². The minimum Gasteiger partial charge on any atom is -0.457 e. The third kappa shape index (κ3) is 3.06. The monoisotopic (exact) mass is 366 g/mol. The van der Waals surface area contributed by atoms with Crippen LogP contribution in [0, 0.1) is 0 Å². The van der Waals surface area contributed by atoms with E-state index in [0.29, 0.717) is 0 Å². The predicted octanol–water partition coefficient (Wildman–Crippen LogP) is 4.41. The fourth-order valence-electron chi connectivity index (χ4n) is 3.78. The second-order valence-electron chi connectivity index (χ2n) is 6.99. The zero-order chi connectivity index (χ0) is 18.9. The summed E-state index contributed by atoms with van der Waals surface area (Å²) in [6, 6.07) is 17.9. The van der Waals surface area contributed by atoms with Crippen molar-refractivity contribution in [3.8, 4) is 22.8 Å². The molecule has 0 spiro atoms. The molecule has 1 unspecified atom stereocenters. The zero-order valence-electron chi connectivity index (χ0n) is 15.4. The van der Waals surface area contributed by atoms with Crippen LogP contribution in [0.5, 0.6) is 11.5 Å². The van der Waals surface area contributed by atoms with Crippen molar-refractivity contribution < 1.29 is 4.74 Å². The van der Waals surface area contributed by atoms with Crippen LogP contribution in [-0.2, 0) is 0 Å². The standard InChI is InChI=1S/C22H19BN4O/c23-27-13-4-7-19(27)22-25-21(20-15-24-12-14-26(20)22)16-8-10-18(11-9-16)28-17-5-2-1-3-6-17/h1-3,5-6,8-12,14-15,19H,4,7,13H2. The van der Waals surface area contributed by atoms with Crippen molar-refractivity contribution in [1.82, 2.24) is 19.2 Å². The summed E-state index contributed by atoms with van der Waals surface area (Å²) in [5, 5.41) is 0. The number of nitrogens with zero attached hydrogens (tertiary/aromatic N) is 4. The lowest BCUT2D eigenvalue weighted by molar-refractivity contribution is 0.415. The van der Waals surface area contributed by atoms with Gasteiger partial charge in [0.2, 0.25) is 0 Å². The molecule has 1 fully saturated rings. The lowest BCUT2D eigenvalue weighted by atomic mass is 10.1. The van der Waals surface area contributed by atoms with E-state index in [1.807, 2.05) is 71.8 Å². The highest BCUT2D eigenvalue weighted by Crippen LogP contribution is 2.34. The molecule has 5 nitrogen and oxygen atoms in total. The van der Waals surface area contributed by atoms with Crippen LogP contribution < -0.4 is 4.74 Å². The number of rotatable bonds is 4. The first-order valence-electron chi connectivity index (χ1n) is 9.46. The Hall–Kier alpha value is -3.12. The first-order chi connectivity index (χ1) is 13.8. The van der Waals surface area contributed by atoms with Gasteiger partial charge in [-0.25, -0.2) is 4.98 Å². The van der Waals surface area contributed by atoms with Gasteiger partial charge in [0.25, 0.3) is 0 Å². The fraction of sp³-hybridized carbons (Fsp3) is 0.182. The molecule has 6 heteroatoms. The van der Waals surface area contributed by atoms with Crippen LogP contribution in [-0.4, -0.2) is 33.7 Å². The summed E-state index contributed by atoms with van der Waals surface area (Å²) in [7, 11) is 6.19. The molecule has 2 aromatic heterocycles. The summed E-state index contributed by atoms with van der Waals surface area (Å²) in [6.45, 7) is 0.894. The topological polar surface area (TPSA) is 42.7 Å². The third-order valence-corrected chi connectivity index (χ3v) is 5.17. The third-order valence-electron chi connectivity index (χ3n) is 5.17. The Bertz CT molecular complexity index is 1090. The van der Waals surface area contributed by atoms with Crippen LogP contribution in [0.4, 0.5) is 0 Å². The van der Waals surface area contributed by atoms with Crippen LogP contribution >= 0.6 is 0 Å². The van der Waals surface area contributed by atoms with E-state index in [9.17, 15) is 0 Å². The van der Waals surface area contributed by atoms with Gasteiger partial charge in [0, 0.05) is 18.0 Å². The van der Waals surface area contributed by atoms with Crippen molar-refractivity contribution in [2.24, 2.45) is 0 Å². The molecular formula is C22H19BN4O. The maximum absolute atomic E-state index is 6.19. The largest absolute Gasteiger partial charge is 0.457 e. The van der Waals surface area contributed by atoms with E-state index in [1.54, 1.807) is 6.20 Å². The number of para-hydroxylation sites is 1. The number of ether oxygens (including phenoxy) is 1. The highest BCUT2D eigenvalue weighted by atomic mass is 16.5. The molecule has 1 atom stereocenters. The summed E-state index contributed by atoms with van der Waals surface area (Å²) >= 11 is 0. The van der Waals surface area contributed by atoms with Crippen LogP contribution in [0.3, 0.4) is 0 Å². The summed E-state index contributed by atoms with van der Waals surface area (Å²) in [5.74, 6) is 2.58. The van der Waals surface area contributed by atoms with Gasteiger partial charge in [-0.2, -0.15) is 0 Å². The molecular weight excluding hydrogens is 347 g/mol. The first-order valence-corrected chi connectivity index (χ1v) is 9.46. The van der Waals surface area contributed by atoms with Gasteiger partial charge in [-0.15, -0.1) is 0 Å². The second kappa shape index (κ2) is 7.13. The molecule has 5 rings (SSSR count). The Morgan fingerprint density at radius 3 is 2.54 bits per heavy atom. The van der Waals surface area contributed by atoms with Crippen molar-refractivity contribution >= 4 is 13.5 Å². The number of imidazole rings is 1. The molecule has 0 bridgehead atoms. The average molecular weight is 366 g/mol. The maximum atomic E-state index is 6.19. The summed E-state index contributed by atoms with van der Waals surface area (Å²) < 4.78 is 8.00. The van der Waals surface area contributed by atoms with Crippen LogP contribution in [0.1, 0.15) is 24.7 Å². The minimum absolute atomic E-state index is 0.129. The average Bonchev–Trinajstić information content (AvgIpc) is 3.33. The lowest BCUT2D eigenvalue weighted by Gasteiger charge is -2.18. The van der Waals surface area contributed by atoms with Gasteiger partial charge < -0.3 is 9.55 Å². The second-order valence-corrected chi connectivity index (χ2v) is 6.99. The van der Waals surface area contributed by atoms with Crippen molar-refractivity contribution in [3.63, 3.8) is 0 Å². The molecule has 0 saturated carbocycles. The number of hydrogen-bond acceptors (Lipinski definition) is 4. The van der Waals surface area contributed by atoms with E-state index in [-0.39, 0.29) is 6.04 Å². The van der Waals surface area contributed by atoms with Crippen molar-refractivity contribution in [2.45, 2.75) is 18.9 Å². The molecule has 1 saturated heterocycles. The van der Waals surface area contributed by atoms with Gasteiger partial charge in [-0.1, -0.05) is 18.2 Å². The molecule has 2 aromatic carbocycles. The van der Waals surface area contributed by atoms with E-state index in [1.165, 1.54) is 0 Å². The zero-order valence-corrected chi connectivity index (χ0v) is 15.4. The van der Waals surface area contributed by atoms with E-state index >= 15 is 0 Å². The molecule has 0 amide bonds. The molecule has 4 aromatic rings. The molecule has 0 aliphatic carbocycles. The van der Waals surface area contributed by atoms with E-state index in [0.717, 1.165) is 53.5 Å². The Morgan fingerprint density at radius 1 is 1.00 bits per heavy atom. The Balaban J connectivity index is 1.51. The fourth-order valence-corrected chi connectivity index (χ4v) is 3.78. The SMILES string of the molecule is [B]N1CCCC1c1nc(-c2ccc(Oc3ccccc3)cc2)c2cnccn12. The van der Waals surface area contributed by atoms with Gasteiger partial charge in [-0.05, 0) is 55.8 Å². The Morgan fingerprint density at radius 2 is 1.79 bits per heavy atom. The molecule has 28 heavy (non-hydrogen) atoms. The molecule has 3 heterocycles. The van der Waals surface area contributed by atoms with Crippen molar-refractivity contribution in [2.75, 3.05) is 6.54 Å². The molecule has 136 valence electrons. The molecule has 2 radical (unpaired) electrons. The summed E-state index contributed by atoms with van der Waals surface area (Å²) in [6.07, 6.45) is 7.70. The lowest BCUT2D eigenvalue weighted by Crippen LogP contribution is -2.21. The smallest absolute Gasteiger partial charge is 0.183 e. The van der Waals surface area contributed by atoms with Crippen LogP contribution in [0.25, 0.3) is 16.8 Å². The highest BCUT2D eigenvalue weighted by Gasteiger charge is 2.27. The first kappa shape index (κ1) is 17.0. The van der Waals surface area contributed by atoms with E-state index in [2.05, 4.69) is 9.38 Å². The van der Waals surface area contributed by atoms with Crippen LogP contribution in [0.15, 0.2) is 73.2 Å². The molecule has 1 aliphatic heterocycles. The number of fused-ring (bicyclic) bond motifs is 1. The van der Waals surface area contributed by atoms with E-state index in [4.69, 9.17) is 17.7 Å². The van der Waals surface area contributed by atoms with Crippen molar-refractivity contribution in [3.05, 3.63) is 79.0 Å². The van der Waals surface area contributed by atoms with Gasteiger partial charge in [0.15, 0.2) is 7.98 Å². The number of aromatic nitrogens is 3. The van der Waals surface area contributed by atoms with Crippen molar-refractivity contribution in [1.29, 1.82) is 0 Å². The van der Waals surface area contributed by atoms with Gasteiger partial charge in [-0.3, -0.25) is 9.38 Å². The number of benzene rings is 2. The number of hydrogen-bond donors (Lipinski definition) is 0. The molecule has 0 N–H and O–H groups in total. The van der Waals surface area contributed by atoms with Crippen LogP contribution in [0.2, 0.25) is 0 Å². The Kier molecular flexibility index (Phi) is 4.33. The quantitative estimate of drug-likeness (QED) is 0.502. The van der Waals surface area contributed by atoms with Gasteiger partial charge in [0.05, 0.1) is 23.4 Å². The summed E-state index contributed by atoms with van der Waals surface area (Å²) in [4.78, 5) is 11.2. The van der Waals surface area contributed by atoms with E-state index < -0.39 is 0 Å². The van der Waals surface area contributed by atoms with Gasteiger partial charge in [0.1, 0.15) is 17.3 Å².